The Bertz CT molecular complexity index is 878. The summed E-state index contributed by atoms with van der Waals surface area (Å²) in [6.45, 7) is 11.2. The molecule has 0 aliphatic heterocycles. The van der Waals surface area contributed by atoms with Crippen LogP contribution in [0.4, 0.5) is 0 Å². The number of hydrogen-bond acceptors (Lipinski definition) is 2. The van der Waals surface area contributed by atoms with E-state index in [1.165, 1.54) is 68.6 Å². The molecular weight excluding hydrogens is 440 g/mol. The van der Waals surface area contributed by atoms with E-state index >= 15 is 0 Å². The molecule has 0 saturated heterocycles. The number of unbranched alkanes of at least 4 members (excludes halogenated alkanes) is 9. The summed E-state index contributed by atoms with van der Waals surface area (Å²) < 4.78 is 31.8. The van der Waals surface area contributed by atoms with E-state index in [2.05, 4.69) is 58.9 Å². The largest absolute Gasteiger partial charge is 0.294 e. The van der Waals surface area contributed by atoms with Crippen LogP contribution in [0.5, 0.6) is 0 Å². The molecule has 2 aromatic rings. The lowest BCUT2D eigenvalue weighted by Crippen LogP contribution is -2.03. The van der Waals surface area contributed by atoms with E-state index in [0.717, 1.165) is 18.4 Å². The first-order valence-corrected chi connectivity index (χ1v) is 14.8. The van der Waals surface area contributed by atoms with Crippen molar-refractivity contribution in [3.05, 3.63) is 65.2 Å². The summed E-state index contributed by atoms with van der Waals surface area (Å²) in [4.78, 5) is 0.0610. The van der Waals surface area contributed by atoms with Gasteiger partial charge in [-0.3, -0.25) is 4.55 Å². The van der Waals surface area contributed by atoms with E-state index in [-0.39, 0.29) is 4.90 Å². The number of hydrogen-bond donors (Lipinski definition) is 1. The molecule has 0 bridgehead atoms. The van der Waals surface area contributed by atoms with E-state index in [9.17, 15) is 13.0 Å². The van der Waals surface area contributed by atoms with Crippen molar-refractivity contribution >= 4 is 10.1 Å². The minimum absolute atomic E-state index is 0.0610. The number of benzene rings is 2. The van der Waals surface area contributed by atoms with Gasteiger partial charge >= 0.3 is 0 Å². The van der Waals surface area contributed by atoms with Crippen LogP contribution >= 0.6 is 0 Å². The first-order chi connectivity index (χ1) is 16.2. The quantitative estimate of drug-likeness (QED) is 0.213. The molecule has 2 aromatic carbocycles. The van der Waals surface area contributed by atoms with Crippen molar-refractivity contribution in [2.45, 2.75) is 122 Å². The minimum atomic E-state index is -4.10. The van der Waals surface area contributed by atoms with Gasteiger partial charge in [-0.1, -0.05) is 135 Å². The highest BCUT2D eigenvalue weighted by Crippen LogP contribution is 2.21. The zero-order valence-electron chi connectivity index (χ0n) is 22.2. The van der Waals surface area contributed by atoms with Crippen molar-refractivity contribution in [2.24, 2.45) is 0 Å². The molecule has 0 radical (unpaired) electrons. The van der Waals surface area contributed by atoms with Crippen LogP contribution in [0.25, 0.3) is 0 Å². The Morgan fingerprint density at radius 1 is 0.676 bits per heavy atom. The lowest BCUT2D eigenvalue weighted by Gasteiger charge is -2.09. The van der Waals surface area contributed by atoms with Crippen molar-refractivity contribution in [3.8, 4) is 0 Å². The molecule has 0 aliphatic rings. The van der Waals surface area contributed by atoms with Gasteiger partial charge in [-0.25, -0.2) is 0 Å². The summed E-state index contributed by atoms with van der Waals surface area (Å²) in [6, 6.07) is 15.6. The highest BCUT2D eigenvalue weighted by molar-refractivity contribution is 7.85. The molecule has 1 N–H and O–H groups in total. The van der Waals surface area contributed by atoms with Crippen LogP contribution < -0.4 is 0 Å². The molecule has 0 aromatic heterocycles. The summed E-state index contributed by atoms with van der Waals surface area (Å²) in [5, 5.41) is 0. The Labute approximate surface area is 210 Å². The maximum Gasteiger partial charge on any atom is 0.294 e. The molecule has 2 rings (SSSR count). The van der Waals surface area contributed by atoms with Gasteiger partial charge in [-0.15, -0.1) is 0 Å². The third-order valence-electron chi connectivity index (χ3n) is 6.29. The first kappa shape index (κ1) is 30.4. The fourth-order valence-electron chi connectivity index (χ4n) is 4.04. The SMILES string of the molecule is CC(C)c1cccc(C(C)C)c1.CCCCCCCCCCCCc1ccccc1S(=O)(=O)O. The second-order valence-electron chi connectivity index (χ2n) is 9.99. The van der Waals surface area contributed by atoms with Crippen LogP contribution in [0.1, 0.15) is 127 Å². The Morgan fingerprint density at radius 3 is 1.62 bits per heavy atom. The van der Waals surface area contributed by atoms with Crippen LogP contribution in [-0.4, -0.2) is 13.0 Å². The minimum Gasteiger partial charge on any atom is -0.282 e. The lowest BCUT2D eigenvalue weighted by molar-refractivity contribution is 0.481. The molecule has 0 aliphatic carbocycles. The zero-order valence-corrected chi connectivity index (χ0v) is 23.0. The molecule has 0 spiro atoms. The third kappa shape index (κ3) is 12.7. The fourth-order valence-corrected chi connectivity index (χ4v) is 4.79. The van der Waals surface area contributed by atoms with Crippen molar-refractivity contribution in [3.63, 3.8) is 0 Å². The molecule has 0 atom stereocenters. The first-order valence-electron chi connectivity index (χ1n) is 13.3. The van der Waals surface area contributed by atoms with Crippen molar-refractivity contribution in [1.29, 1.82) is 0 Å². The van der Waals surface area contributed by atoms with Crippen LogP contribution in [0.3, 0.4) is 0 Å². The standard InChI is InChI=1S/C18H30O3S.C12H18/c1-2-3-4-5-6-7-8-9-10-11-14-17-15-12-13-16-18(17)22(19,20)21;1-9(2)11-6-5-7-12(8-11)10(3)4/h12-13,15-16H,2-11,14H2,1H3,(H,19,20,21);5-10H,1-4H3. The van der Waals surface area contributed by atoms with E-state index < -0.39 is 10.1 Å². The number of rotatable bonds is 14. The predicted octanol–water partition coefficient (Wildman–Crippen LogP) is 9.33. The average Bonchev–Trinajstić information content (AvgIpc) is 2.80. The van der Waals surface area contributed by atoms with Crippen molar-refractivity contribution in [1.82, 2.24) is 0 Å². The molecule has 192 valence electrons. The molecule has 0 unspecified atom stereocenters. The molecule has 4 heteroatoms. The van der Waals surface area contributed by atoms with E-state index in [1.54, 1.807) is 12.1 Å². The van der Waals surface area contributed by atoms with Crippen molar-refractivity contribution < 1.29 is 13.0 Å². The molecule has 0 amide bonds. The molecule has 0 fully saturated rings. The smallest absolute Gasteiger partial charge is 0.282 e. The summed E-state index contributed by atoms with van der Waals surface area (Å²) in [5.41, 5.74) is 3.62. The Hall–Kier alpha value is -1.65. The lowest BCUT2D eigenvalue weighted by atomic mass is 9.96. The Balaban J connectivity index is 0.000000404. The average molecular weight is 489 g/mol. The van der Waals surface area contributed by atoms with Gasteiger partial charge in [0.1, 0.15) is 0 Å². The van der Waals surface area contributed by atoms with Gasteiger partial charge in [0.2, 0.25) is 0 Å². The molecule has 34 heavy (non-hydrogen) atoms. The highest BCUT2D eigenvalue weighted by Gasteiger charge is 2.13. The van der Waals surface area contributed by atoms with Gasteiger partial charge in [0, 0.05) is 0 Å². The van der Waals surface area contributed by atoms with Crippen LogP contribution in [-0.2, 0) is 16.5 Å². The summed E-state index contributed by atoms with van der Waals surface area (Å²) in [5.74, 6) is 1.28. The summed E-state index contributed by atoms with van der Waals surface area (Å²) in [7, 11) is -4.10. The van der Waals surface area contributed by atoms with Gasteiger partial charge < -0.3 is 0 Å². The van der Waals surface area contributed by atoms with Crippen LogP contribution in [0.2, 0.25) is 0 Å². The summed E-state index contributed by atoms with van der Waals surface area (Å²) in [6.07, 6.45) is 13.3. The van der Waals surface area contributed by atoms with Gasteiger partial charge in [0.15, 0.2) is 0 Å². The van der Waals surface area contributed by atoms with E-state index in [1.807, 2.05) is 6.07 Å². The summed E-state index contributed by atoms with van der Waals surface area (Å²) >= 11 is 0. The van der Waals surface area contributed by atoms with Crippen LogP contribution in [0.15, 0.2) is 53.4 Å². The Kier molecular flexibility index (Phi) is 15.1. The second kappa shape index (κ2) is 16.9. The molecular formula is C30H48O3S. The maximum absolute atomic E-state index is 11.3. The third-order valence-corrected chi connectivity index (χ3v) is 7.25. The highest BCUT2D eigenvalue weighted by atomic mass is 32.2. The normalized spacial score (nSPS) is 11.5. The predicted molar refractivity (Wildman–Crippen MR) is 146 cm³/mol. The molecule has 0 heterocycles. The molecule has 3 nitrogen and oxygen atoms in total. The van der Waals surface area contributed by atoms with Gasteiger partial charge in [0.25, 0.3) is 10.1 Å². The topological polar surface area (TPSA) is 54.4 Å². The zero-order chi connectivity index (χ0) is 25.4. The Morgan fingerprint density at radius 2 is 1.15 bits per heavy atom. The maximum atomic E-state index is 11.3. The monoisotopic (exact) mass is 488 g/mol. The van der Waals surface area contributed by atoms with E-state index in [0.29, 0.717) is 18.3 Å². The molecule has 0 saturated carbocycles. The second-order valence-corrected chi connectivity index (χ2v) is 11.4. The van der Waals surface area contributed by atoms with Gasteiger partial charge in [0.05, 0.1) is 4.90 Å². The number of aryl methyl sites for hydroxylation is 1. The van der Waals surface area contributed by atoms with Gasteiger partial charge in [-0.2, -0.15) is 8.42 Å². The van der Waals surface area contributed by atoms with Crippen LogP contribution in [0, 0.1) is 0 Å². The van der Waals surface area contributed by atoms with Gasteiger partial charge in [-0.05, 0) is 47.4 Å². The van der Waals surface area contributed by atoms with E-state index in [4.69, 9.17) is 0 Å². The van der Waals surface area contributed by atoms with Crippen molar-refractivity contribution in [2.75, 3.05) is 0 Å². The fraction of sp³-hybridized carbons (Fsp3) is 0.600.